The van der Waals surface area contributed by atoms with Gasteiger partial charge in [-0.1, -0.05) is 29.8 Å². The molecule has 0 spiro atoms. The van der Waals surface area contributed by atoms with Crippen molar-refractivity contribution in [2.75, 3.05) is 5.73 Å². The fourth-order valence-corrected chi connectivity index (χ4v) is 1.88. The van der Waals surface area contributed by atoms with Crippen molar-refractivity contribution in [3.8, 4) is 0 Å². The van der Waals surface area contributed by atoms with E-state index in [0.29, 0.717) is 16.1 Å². The molecule has 0 aliphatic heterocycles. The second-order valence-corrected chi connectivity index (χ2v) is 4.38. The number of nitrogens with two attached hydrogens (primary N) is 1. The van der Waals surface area contributed by atoms with E-state index in [4.69, 9.17) is 17.3 Å². The largest absolute Gasteiger partial charge is 0.388 e. The molecular formula is C13H12ClFN2O. The van der Waals surface area contributed by atoms with E-state index in [9.17, 15) is 9.50 Å². The Balaban J connectivity index is 2.25. The molecule has 0 bridgehead atoms. The molecule has 1 aromatic heterocycles. The topological polar surface area (TPSA) is 59.1 Å². The van der Waals surface area contributed by atoms with Gasteiger partial charge in [0, 0.05) is 18.2 Å². The number of nitrogen functional groups attached to an aromatic ring is 1. The molecule has 0 aliphatic rings. The number of rotatable bonds is 3. The third kappa shape index (κ3) is 2.78. The van der Waals surface area contributed by atoms with Gasteiger partial charge in [-0.05, 0) is 17.7 Å². The Morgan fingerprint density at radius 1 is 1.39 bits per heavy atom. The standard InChI is InChI=1S/C13H12ClFN2O/c14-9-6-10(13(16)17-7-9)12(18)5-8-3-1-2-4-11(8)15/h1-4,6-7,12,18H,5H2,(H2,16,17). The highest BCUT2D eigenvalue weighted by Crippen LogP contribution is 2.25. The fourth-order valence-electron chi connectivity index (χ4n) is 1.71. The number of halogens is 2. The van der Waals surface area contributed by atoms with Gasteiger partial charge in [-0.25, -0.2) is 9.37 Å². The van der Waals surface area contributed by atoms with Crippen LogP contribution in [0.2, 0.25) is 5.02 Å². The highest BCUT2D eigenvalue weighted by atomic mass is 35.5. The number of anilines is 1. The van der Waals surface area contributed by atoms with Crippen LogP contribution in [-0.4, -0.2) is 10.1 Å². The first-order valence-corrected chi connectivity index (χ1v) is 5.78. The summed E-state index contributed by atoms with van der Waals surface area (Å²) in [5.74, 6) is -0.159. The number of pyridine rings is 1. The monoisotopic (exact) mass is 266 g/mol. The summed E-state index contributed by atoms with van der Waals surface area (Å²) in [6.07, 6.45) is 0.586. The van der Waals surface area contributed by atoms with Crippen molar-refractivity contribution >= 4 is 17.4 Å². The highest BCUT2D eigenvalue weighted by Gasteiger charge is 2.15. The first-order chi connectivity index (χ1) is 8.58. The lowest BCUT2D eigenvalue weighted by molar-refractivity contribution is 0.177. The number of hydrogen-bond donors (Lipinski definition) is 2. The molecule has 0 fully saturated rings. The molecule has 0 amide bonds. The molecule has 0 aliphatic carbocycles. The average Bonchev–Trinajstić information content (AvgIpc) is 2.35. The van der Waals surface area contributed by atoms with Crippen LogP contribution in [0.4, 0.5) is 10.2 Å². The Morgan fingerprint density at radius 3 is 2.83 bits per heavy atom. The number of aliphatic hydroxyl groups is 1. The van der Waals surface area contributed by atoms with Crippen molar-refractivity contribution in [3.05, 3.63) is 58.5 Å². The summed E-state index contributed by atoms with van der Waals surface area (Å²) in [7, 11) is 0. The second kappa shape index (κ2) is 5.33. The Morgan fingerprint density at radius 2 is 2.11 bits per heavy atom. The predicted molar refractivity (Wildman–Crippen MR) is 68.7 cm³/mol. The van der Waals surface area contributed by atoms with E-state index in [-0.39, 0.29) is 18.1 Å². The Bertz CT molecular complexity index is 562. The molecule has 3 N–H and O–H groups in total. The summed E-state index contributed by atoms with van der Waals surface area (Å²) in [6.45, 7) is 0. The molecule has 2 aromatic rings. The van der Waals surface area contributed by atoms with E-state index in [2.05, 4.69) is 4.98 Å². The van der Waals surface area contributed by atoms with Gasteiger partial charge in [-0.3, -0.25) is 0 Å². The van der Waals surface area contributed by atoms with Gasteiger partial charge in [-0.15, -0.1) is 0 Å². The maximum absolute atomic E-state index is 13.5. The third-order valence-electron chi connectivity index (χ3n) is 2.65. The van der Waals surface area contributed by atoms with Crippen LogP contribution in [0.1, 0.15) is 17.2 Å². The number of hydrogen-bond acceptors (Lipinski definition) is 3. The molecule has 1 aromatic carbocycles. The molecule has 18 heavy (non-hydrogen) atoms. The zero-order chi connectivity index (χ0) is 13.1. The summed E-state index contributed by atoms with van der Waals surface area (Å²) in [5.41, 5.74) is 6.49. The van der Waals surface area contributed by atoms with Gasteiger partial charge in [0.1, 0.15) is 11.6 Å². The molecule has 2 rings (SSSR count). The van der Waals surface area contributed by atoms with Crippen molar-refractivity contribution in [3.63, 3.8) is 0 Å². The average molecular weight is 267 g/mol. The minimum Gasteiger partial charge on any atom is -0.388 e. The SMILES string of the molecule is Nc1ncc(Cl)cc1C(O)Cc1ccccc1F. The summed E-state index contributed by atoms with van der Waals surface area (Å²) >= 11 is 5.79. The Kier molecular flexibility index (Phi) is 3.79. The minimum absolute atomic E-state index is 0.124. The van der Waals surface area contributed by atoms with Gasteiger partial charge >= 0.3 is 0 Å². The lowest BCUT2D eigenvalue weighted by Crippen LogP contribution is -2.07. The van der Waals surface area contributed by atoms with Gasteiger partial charge in [0.2, 0.25) is 0 Å². The molecule has 0 saturated carbocycles. The molecule has 1 unspecified atom stereocenters. The normalized spacial score (nSPS) is 12.4. The van der Waals surface area contributed by atoms with E-state index in [1.165, 1.54) is 18.3 Å². The van der Waals surface area contributed by atoms with Crippen molar-refractivity contribution in [1.29, 1.82) is 0 Å². The van der Waals surface area contributed by atoms with Crippen LogP contribution in [0.15, 0.2) is 36.5 Å². The maximum Gasteiger partial charge on any atom is 0.129 e. The first-order valence-electron chi connectivity index (χ1n) is 5.40. The maximum atomic E-state index is 13.5. The molecular weight excluding hydrogens is 255 g/mol. The van der Waals surface area contributed by atoms with Crippen LogP contribution < -0.4 is 5.73 Å². The van der Waals surface area contributed by atoms with E-state index in [1.807, 2.05) is 0 Å². The number of aliphatic hydroxyl groups excluding tert-OH is 1. The minimum atomic E-state index is -0.937. The predicted octanol–water partition coefficient (Wildman–Crippen LogP) is 2.73. The van der Waals surface area contributed by atoms with Crippen LogP contribution >= 0.6 is 11.6 Å². The highest BCUT2D eigenvalue weighted by molar-refractivity contribution is 6.30. The molecule has 0 saturated heterocycles. The van der Waals surface area contributed by atoms with Crippen LogP contribution in [0.25, 0.3) is 0 Å². The molecule has 1 heterocycles. The molecule has 94 valence electrons. The zero-order valence-electron chi connectivity index (χ0n) is 9.48. The molecule has 5 heteroatoms. The van der Waals surface area contributed by atoms with Crippen LogP contribution in [0, 0.1) is 5.82 Å². The molecule has 0 radical (unpaired) electrons. The van der Waals surface area contributed by atoms with Gasteiger partial charge in [0.25, 0.3) is 0 Å². The molecule has 1 atom stereocenters. The molecule has 3 nitrogen and oxygen atoms in total. The second-order valence-electron chi connectivity index (χ2n) is 3.94. The van der Waals surface area contributed by atoms with Gasteiger partial charge < -0.3 is 10.8 Å². The first kappa shape index (κ1) is 12.8. The third-order valence-corrected chi connectivity index (χ3v) is 2.85. The van der Waals surface area contributed by atoms with Crippen LogP contribution in [0.5, 0.6) is 0 Å². The summed E-state index contributed by atoms with van der Waals surface area (Å²) < 4.78 is 13.5. The Hall–Kier alpha value is -1.65. The summed E-state index contributed by atoms with van der Waals surface area (Å²) in [4.78, 5) is 3.86. The van der Waals surface area contributed by atoms with Gasteiger partial charge in [0.05, 0.1) is 11.1 Å². The summed E-state index contributed by atoms with van der Waals surface area (Å²) in [6, 6.07) is 7.81. The number of aromatic nitrogens is 1. The number of benzene rings is 1. The van der Waals surface area contributed by atoms with Gasteiger partial charge in [0.15, 0.2) is 0 Å². The Labute approximate surface area is 109 Å². The van der Waals surface area contributed by atoms with Crippen molar-refractivity contribution in [2.45, 2.75) is 12.5 Å². The van der Waals surface area contributed by atoms with Crippen LogP contribution in [0.3, 0.4) is 0 Å². The lowest BCUT2D eigenvalue weighted by atomic mass is 10.0. The quantitative estimate of drug-likeness (QED) is 0.898. The van der Waals surface area contributed by atoms with Crippen LogP contribution in [-0.2, 0) is 6.42 Å². The van der Waals surface area contributed by atoms with Crippen molar-refractivity contribution in [1.82, 2.24) is 4.98 Å². The van der Waals surface area contributed by atoms with E-state index in [1.54, 1.807) is 18.2 Å². The number of nitrogens with zero attached hydrogens (tertiary/aromatic N) is 1. The van der Waals surface area contributed by atoms with E-state index >= 15 is 0 Å². The van der Waals surface area contributed by atoms with E-state index < -0.39 is 6.10 Å². The lowest BCUT2D eigenvalue weighted by Gasteiger charge is -2.13. The fraction of sp³-hybridized carbons (Fsp3) is 0.154. The van der Waals surface area contributed by atoms with Crippen molar-refractivity contribution in [2.24, 2.45) is 0 Å². The van der Waals surface area contributed by atoms with Crippen molar-refractivity contribution < 1.29 is 9.50 Å². The zero-order valence-corrected chi connectivity index (χ0v) is 10.2. The van der Waals surface area contributed by atoms with Gasteiger partial charge in [-0.2, -0.15) is 0 Å². The van der Waals surface area contributed by atoms with E-state index in [0.717, 1.165) is 0 Å². The smallest absolute Gasteiger partial charge is 0.129 e. The summed E-state index contributed by atoms with van der Waals surface area (Å²) in [5, 5.41) is 10.4.